The van der Waals surface area contributed by atoms with Gasteiger partial charge in [-0.25, -0.2) is 0 Å². The van der Waals surface area contributed by atoms with Gasteiger partial charge in [0.2, 0.25) is 0 Å². The second kappa shape index (κ2) is 10.9. The van der Waals surface area contributed by atoms with Crippen molar-refractivity contribution in [3.63, 3.8) is 0 Å². The number of aryl methyl sites for hydroxylation is 1. The zero-order chi connectivity index (χ0) is 25.3. The summed E-state index contributed by atoms with van der Waals surface area (Å²) in [7, 11) is 0. The molecular formula is C23H19Cl5N6S. The molecule has 0 aliphatic heterocycles. The Hall–Kier alpha value is -2.00. The summed E-state index contributed by atoms with van der Waals surface area (Å²) in [5, 5.41) is 18.4. The number of rotatable bonds is 6. The van der Waals surface area contributed by atoms with Crippen LogP contribution in [0.3, 0.4) is 0 Å². The van der Waals surface area contributed by atoms with Crippen molar-refractivity contribution >= 4 is 86.8 Å². The minimum atomic E-state index is 0.331. The van der Waals surface area contributed by atoms with Gasteiger partial charge >= 0.3 is 0 Å². The van der Waals surface area contributed by atoms with Gasteiger partial charge in [-0.05, 0) is 61.5 Å². The van der Waals surface area contributed by atoms with Crippen molar-refractivity contribution in [2.24, 2.45) is 0 Å². The van der Waals surface area contributed by atoms with E-state index in [1.165, 1.54) is 0 Å². The molecule has 2 aromatic carbocycles. The summed E-state index contributed by atoms with van der Waals surface area (Å²) in [6, 6.07) is 10.7. The molecule has 0 atom stereocenters. The van der Waals surface area contributed by atoms with E-state index in [0.717, 1.165) is 28.2 Å². The Balaban J connectivity index is 1.45. The first-order valence-electron chi connectivity index (χ1n) is 10.3. The van der Waals surface area contributed by atoms with Gasteiger partial charge in [-0.3, -0.25) is 9.36 Å². The zero-order valence-electron chi connectivity index (χ0n) is 18.5. The van der Waals surface area contributed by atoms with E-state index in [4.69, 9.17) is 70.2 Å². The molecule has 2 aromatic heterocycles. The molecule has 0 saturated carbocycles. The fourth-order valence-electron chi connectivity index (χ4n) is 3.48. The van der Waals surface area contributed by atoms with E-state index < -0.39 is 0 Å². The molecule has 0 unspecified atom stereocenters. The number of aromatic nitrogens is 4. The molecular weight excluding hydrogens is 570 g/mol. The highest BCUT2D eigenvalue weighted by atomic mass is 35.5. The standard InChI is InChI=1S/C23H19Cl5N6S/c1-12-21(13(2)34(31-12)10-15-4-6-17(25)8-19(15)27)29-23(35)30-22-20(28)11-33(32-22)9-14-3-5-16(24)7-18(14)26/h3-8,11H,9-10H2,1-2H3,(H2,29,30,32,35). The fraction of sp³-hybridized carbons (Fsp3) is 0.174. The lowest BCUT2D eigenvalue weighted by Gasteiger charge is -2.11. The first kappa shape index (κ1) is 26.1. The fourth-order valence-corrected chi connectivity index (χ4v) is 4.82. The SMILES string of the molecule is Cc1nn(Cc2ccc(Cl)cc2Cl)c(C)c1NC(=S)Nc1nn(Cc2ccc(Cl)cc2Cl)cc1Cl. The smallest absolute Gasteiger partial charge is 0.176 e. The van der Waals surface area contributed by atoms with Gasteiger partial charge in [0.1, 0.15) is 5.02 Å². The molecule has 4 rings (SSSR count). The van der Waals surface area contributed by atoms with Crippen molar-refractivity contribution in [1.29, 1.82) is 0 Å². The number of nitrogens with one attached hydrogen (secondary N) is 2. The third-order valence-corrected chi connectivity index (χ3v) is 6.91. The van der Waals surface area contributed by atoms with Gasteiger partial charge in [-0.15, -0.1) is 0 Å². The van der Waals surface area contributed by atoms with Crippen LogP contribution in [0.4, 0.5) is 11.5 Å². The topological polar surface area (TPSA) is 59.7 Å². The summed E-state index contributed by atoms with van der Waals surface area (Å²) in [5.74, 6) is 0.421. The molecule has 2 N–H and O–H groups in total. The molecule has 0 aliphatic rings. The normalized spacial score (nSPS) is 11.1. The average molecular weight is 589 g/mol. The van der Waals surface area contributed by atoms with Crippen LogP contribution in [0.5, 0.6) is 0 Å². The Morgan fingerprint density at radius 1 is 0.829 bits per heavy atom. The van der Waals surface area contributed by atoms with Crippen molar-refractivity contribution in [1.82, 2.24) is 19.6 Å². The lowest BCUT2D eigenvalue weighted by Crippen LogP contribution is -2.20. The van der Waals surface area contributed by atoms with Crippen LogP contribution in [0.15, 0.2) is 42.6 Å². The van der Waals surface area contributed by atoms with Gasteiger partial charge < -0.3 is 10.6 Å². The van der Waals surface area contributed by atoms with Crippen molar-refractivity contribution in [2.75, 3.05) is 10.6 Å². The molecule has 35 heavy (non-hydrogen) atoms. The van der Waals surface area contributed by atoms with Crippen LogP contribution in [-0.2, 0) is 13.1 Å². The van der Waals surface area contributed by atoms with Crippen molar-refractivity contribution < 1.29 is 0 Å². The van der Waals surface area contributed by atoms with Crippen LogP contribution in [0, 0.1) is 13.8 Å². The van der Waals surface area contributed by atoms with E-state index in [1.807, 2.05) is 30.7 Å². The number of halogens is 5. The second-order valence-electron chi connectivity index (χ2n) is 7.78. The van der Waals surface area contributed by atoms with E-state index in [1.54, 1.807) is 35.1 Å². The van der Waals surface area contributed by atoms with Gasteiger partial charge in [0, 0.05) is 26.3 Å². The first-order valence-corrected chi connectivity index (χ1v) is 12.6. The molecule has 0 radical (unpaired) electrons. The van der Waals surface area contributed by atoms with Gasteiger partial charge in [0.05, 0.1) is 30.2 Å². The van der Waals surface area contributed by atoms with Crippen molar-refractivity contribution in [2.45, 2.75) is 26.9 Å². The molecule has 6 nitrogen and oxygen atoms in total. The maximum atomic E-state index is 6.38. The highest BCUT2D eigenvalue weighted by molar-refractivity contribution is 7.80. The van der Waals surface area contributed by atoms with Gasteiger partial charge in [-0.2, -0.15) is 10.2 Å². The summed E-state index contributed by atoms with van der Waals surface area (Å²) in [6.45, 7) is 4.77. The Kier molecular flexibility index (Phi) is 8.16. The van der Waals surface area contributed by atoms with Crippen LogP contribution in [0.25, 0.3) is 0 Å². The van der Waals surface area contributed by atoms with E-state index in [2.05, 4.69) is 20.8 Å². The summed E-state index contributed by atoms with van der Waals surface area (Å²) in [5.41, 5.74) is 4.24. The molecule has 4 aromatic rings. The van der Waals surface area contributed by atoms with E-state index in [-0.39, 0.29) is 0 Å². The van der Waals surface area contributed by atoms with Crippen LogP contribution < -0.4 is 10.6 Å². The number of anilines is 2. The summed E-state index contributed by atoms with van der Waals surface area (Å²) >= 11 is 36.5. The molecule has 0 amide bonds. The molecule has 2 heterocycles. The molecule has 0 spiro atoms. The number of thiocarbonyl (C=S) groups is 1. The maximum Gasteiger partial charge on any atom is 0.176 e. The lowest BCUT2D eigenvalue weighted by atomic mass is 10.2. The van der Waals surface area contributed by atoms with Crippen LogP contribution in [0.2, 0.25) is 25.1 Å². The highest BCUT2D eigenvalue weighted by Gasteiger charge is 2.16. The molecule has 0 bridgehead atoms. The summed E-state index contributed by atoms with van der Waals surface area (Å²) in [4.78, 5) is 0. The Morgan fingerprint density at radius 3 is 2.03 bits per heavy atom. The van der Waals surface area contributed by atoms with Crippen molar-refractivity contribution in [3.8, 4) is 0 Å². The van der Waals surface area contributed by atoms with Crippen LogP contribution in [0.1, 0.15) is 22.5 Å². The molecule has 0 fully saturated rings. The van der Waals surface area contributed by atoms with Crippen molar-refractivity contribution in [3.05, 3.63) is 90.2 Å². The summed E-state index contributed by atoms with van der Waals surface area (Å²) < 4.78 is 3.53. The van der Waals surface area contributed by atoms with E-state index >= 15 is 0 Å². The minimum absolute atomic E-state index is 0.331. The number of nitrogens with zero attached hydrogens (tertiary/aromatic N) is 4. The number of benzene rings is 2. The molecule has 0 saturated heterocycles. The second-order valence-corrected chi connectivity index (χ2v) is 10.3. The summed E-state index contributed by atoms with van der Waals surface area (Å²) in [6.07, 6.45) is 1.70. The zero-order valence-corrected chi connectivity index (χ0v) is 23.1. The van der Waals surface area contributed by atoms with Gasteiger partial charge in [0.15, 0.2) is 10.9 Å². The minimum Gasteiger partial charge on any atom is -0.329 e. The maximum absolute atomic E-state index is 6.38. The predicted molar refractivity (Wildman–Crippen MR) is 150 cm³/mol. The Morgan fingerprint density at radius 2 is 1.43 bits per heavy atom. The highest BCUT2D eigenvalue weighted by Crippen LogP contribution is 2.27. The predicted octanol–water partition coefficient (Wildman–Crippen LogP) is 7.87. The van der Waals surface area contributed by atoms with Crippen LogP contribution >= 0.6 is 70.2 Å². The molecule has 0 aliphatic carbocycles. The molecule has 12 heteroatoms. The quantitative estimate of drug-likeness (QED) is 0.225. The van der Waals surface area contributed by atoms with E-state index in [9.17, 15) is 0 Å². The van der Waals surface area contributed by atoms with Crippen LogP contribution in [-0.4, -0.2) is 24.7 Å². The third kappa shape index (κ3) is 6.23. The number of hydrogen-bond acceptors (Lipinski definition) is 3. The Bertz CT molecular complexity index is 1410. The number of hydrogen-bond donors (Lipinski definition) is 2. The van der Waals surface area contributed by atoms with Gasteiger partial charge in [0.25, 0.3) is 0 Å². The Labute approximate surface area is 233 Å². The van der Waals surface area contributed by atoms with Gasteiger partial charge in [-0.1, -0.05) is 70.1 Å². The lowest BCUT2D eigenvalue weighted by molar-refractivity contribution is 0.659. The first-order chi connectivity index (χ1) is 16.6. The third-order valence-electron chi connectivity index (χ3n) is 5.25. The largest absolute Gasteiger partial charge is 0.329 e. The average Bonchev–Trinajstić information content (AvgIpc) is 3.25. The van der Waals surface area contributed by atoms with E-state index in [0.29, 0.717) is 49.1 Å². The monoisotopic (exact) mass is 586 g/mol. The molecule has 182 valence electrons.